The summed E-state index contributed by atoms with van der Waals surface area (Å²) in [6.45, 7) is 3.57. The number of ether oxygens (including phenoxy) is 1. The van der Waals surface area contributed by atoms with Crippen LogP contribution in [0.15, 0.2) is 29.3 Å². The van der Waals surface area contributed by atoms with E-state index < -0.39 is 0 Å². The van der Waals surface area contributed by atoms with Gasteiger partial charge in [0.2, 0.25) is 0 Å². The first-order chi connectivity index (χ1) is 11.7. The standard InChI is InChI=1S/C19H28ClN3O/c1-21-18(22-11-2-12-24-13-15-3-4-15)23-14-19(9-10-19)16-5-7-17(20)8-6-16/h5-8,15H,2-4,9-14H2,1H3,(H2,21,22,23). The van der Waals surface area contributed by atoms with E-state index in [1.54, 1.807) is 0 Å². The van der Waals surface area contributed by atoms with Gasteiger partial charge in [0.05, 0.1) is 0 Å². The summed E-state index contributed by atoms with van der Waals surface area (Å²) in [6.07, 6.45) is 6.14. The lowest BCUT2D eigenvalue weighted by atomic mass is 9.96. The van der Waals surface area contributed by atoms with Gasteiger partial charge in [0.25, 0.3) is 0 Å². The van der Waals surface area contributed by atoms with Crippen molar-refractivity contribution in [3.8, 4) is 0 Å². The molecule has 0 aromatic heterocycles. The van der Waals surface area contributed by atoms with Crippen LogP contribution in [0.1, 0.15) is 37.7 Å². The first-order valence-corrected chi connectivity index (χ1v) is 9.38. The van der Waals surface area contributed by atoms with Gasteiger partial charge in [-0.15, -0.1) is 0 Å². The number of hydrogen-bond acceptors (Lipinski definition) is 2. The van der Waals surface area contributed by atoms with Crippen molar-refractivity contribution >= 4 is 17.6 Å². The summed E-state index contributed by atoms with van der Waals surface area (Å²) in [5.74, 6) is 1.72. The quantitative estimate of drug-likeness (QED) is 0.408. The molecule has 0 amide bonds. The van der Waals surface area contributed by atoms with E-state index in [4.69, 9.17) is 16.3 Å². The van der Waals surface area contributed by atoms with Gasteiger partial charge in [-0.05, 0) is 55.7 Å². The van der Waals surface area contributed by atoms with Crippen LogP contribution in [0.4, 0.5) is 0 Å². The summed E-state index contributed by atoms with van der Waals surface area (Å²) in [5.41, 5.74) is 1.61. The van der Waals surface area contributed by atoms with Crippen LogP contribution in [0.25, 0.3) is 0 Å². The molecule has 2 fully saturated rings. The largest absolute Gasteiger partial charge is 0.381 e. The Hall–Kier alpha value is -1.26. The summed E-state index contributed by atoms with van der Waals surface area (Å²) in [6, 6.07) is 8.24. The van der Waals surface area contributed by atoms with Gasteiger partial charge < -0.3 is 15.4 Å². The predicted octanol–water partition coefficient (Wildman–Crippen LogP) is 3.35. The number of aliphatic imine (C=N–C) groups is 1. The highest BCUT2D eigenvalue weighted by Gasteiger charge is 2.44. The molecular weight excluding hydrogens is 322 g/mol. The van der Waals surface area contributed by atoms with Crippen molar-refractivity contribution in [1.82, 2.24) is 10.6 Å². The summed E-state index contributed by atoms with van der Waals surface area (Å²) >= 11 is 5.99. The Morgan fingerprint density at radius 1 is 1.25 bits per heavy atom. The van der Waals surface area contributed by atoms with Crippen molar-refractivity contribution in [3.63, 3.8) is 0 Å². The van der Waals surface area contributed by atoms with Crippen molar-refractivity contribution in [2.75, 3.05) is 33.4 Å². The molecule has 4 nitrogen and oxygen atoms in total. The Balaban J connectivity index is 1.35. The molecule has 1 aromatic carbocycles. The van der Waals surface area contributed by atoms with E-state index in [0.29, 0.717) is 0 Å². The molecule has 0 aliphatic heterocycles. The van der Waals surface area contributed by atoms with Gasteiger partial charge in [-0.1, -0.05) is 23.7 Å². The van der Waals surface area contributed by atoms with Crippen molar-refractivity contribution in [3.05, 3.63) is 34.9 Å². The Labute approximate surface area is 150 Å². The van der Waals surface area contributed by atoms with E-state index in [2.05, 4.69) is 27.8 Å². The summed E-state index contributed by atoms with van der Waals surface area (Å²) in [4.78, 5) is 4.32. The molecule has 0 unspecified atom stereocenters. The summed E-state index contributed by atoms with van der Waals surface area (Å²) in [7, 11) is 1.82. The Kier molecular flexibility index (Phi) is 6.01. The topological polar surface area (TPSA) is 45.7 Å². The maximum absolute atomic E-state index is 5.99. The van der Waals surface area contributed by atoms with Crippen LogP contribution in [0.3, 0.4) is 0 Å². The third kappa shape index (κ3) is 5.12. The molecule has 0 saturated heterocycles. The zero-order valence-corrected chi connectivity index (χ0v) is 15.2. The van der Waals surface area contributed by atoms with Gasteiger partial charge in [-0.3, -0.25) is 4.99 Å². The van der Waals surface area contributed by atoms with Crippen LogP contribution in [0.5, 0.6) is 0 Å². The molecule has 0 atom stereocenters. The molecule has 2 aliphatic carbocycles. The van der Waals surface area contributed by atoms with Crippen molar-refractivity contribution in [1.29, 1.82) is 0 Å². The molecule has 2 saturated carbocycles. The van der Waals surface area contributed by atoms with E-state index in [1.165, 1.54) is 31.2 Å². The molecule has 2 N–H and O–H groups in total. The van der Waals surface area contributed by atoms with Crippen LogP contribution in [0, 0.1) is 5.92 Å². The highest BCUT2D eigenvalue weighted by molar-refractivity contribution is 6.30. The van der Waals surface area contributed by atoms with Crippen molar-refractivity contribution < 1.29 is 4.74 Å². The number of rotatable bonds is 9. The molecule has 1 aromatic rings. The monoisotopic (exact) mass is 349 g/mol. The van der Waals surface area contributed by atoms with Crippen LogP contribution < -0.4 is 10.6 Å². The smallest absolute Gasteiger partial charge is 0.191 e. The Morgan fingerprint density at radius 2 is 2.00 bits per heavy atom. The summed E-state index contributed by atoms with van der Waals surface area (Å²) < 4.78 is 5.65. The third-order valence-corrected chi connectivity index (χ3v) is 5.19. The maximum Gasteiger partial charge on any atom is 0.191 e. The third-order valence-electron chi connectivity index (χ3n) is 4.94. The molecule has 2 aliphatic rings. The van der Waals surface area contributed by atoms with E-state index >= 15 is 0 Å². The number of nitrogens with one attached hydrogen (secondary N) is 2. The minimum absolute atomic E-state index is 0.246. The number of halogens is 1. The predicted molar refractivity (Wildman–Crippen MR) is 99.9 cm³/mol. The second kappa shape index (κ2) is 8.21. The van der Waals surface area contributed by atoms with E-state index in [1.807, 2.05) is 19.2 Å². The fourth-order valence-corrected chi connectivity index (χ4v) is 3.04. The van der Waals surface area contributed by atoms with Crippen molar-refractivity contribution in [2.24, 2.45) is 10.9 Å². The highest BCUT2D eigenvalue weighted by atomic mass is 35.5. The fourth-order valence-electron chi connectivity index (χ4n) is 2.91. The Bertz CT molecular complexity index is 550. The Morgan fingerprint density at radius 3 is 2.62 bits per heavy atom. The highest BCUT2D eigenvalue weighted by Crippen LogP contribution is 2.47. The molecule has 3 rings (SSSR count). The average molecular weight is 350 g/mol. The first kappa shape index (κ1) is 17.6. The van der Waals surface area contributed by atoms with Crippen molar-refractivity contribution in [2.45, 2.75) is 37.5 Å². The van der Waals surface area contributed by atoms with Gasteiger partial charge in [0.15, 0.2) is 5.96 Å². The van der Waals surface area contributed by atoms with E-state index in [-0.39, 0.29) is 5.41 Å². The molecule has 0 spiro atoms. The average Bonchev–Trinajstić information content (AvgIpc) is 3.50. The van der Waals surface area contributed by atoms with Crippen LogP contribution in [-0.2, 0) is 10.2 Å². The molecule has 5 heteroatoms. The first-order valence-electron chi connectivity index (χ1n) is 9.00. The van der Waals surface area contributed by atoms with Gasteiger partial charge in [0, 0.05) is 43.8 Å². The molecular formula is C19H28ClN3O. The number of nitrogens with zero attached hydrogens (tertiary/aromatic N) is 1. The second-order valence-corrected chi connectivity index (χ2v) is 7.45. The number of hydrogen-bond donors (Lipinski definition) is 2. The molecule has 0 heterocycles. The minimum Gasteiger partial charge on any atom is -0.381 e. The van der Waals surface area contributed by atoms with Gasteiger partial charge >= 0.3 is 0 Å². The lowest BCUT2D eigenvalue weighted by molar-refractivity contribution is 0.123. The van der Waals surface area contributed by atoms with Gasteiger partial charge in [0.1, 0.15) is 0 Å². The second-order valence-electron chi connectivity index (χ2n) is 7.01. The number of benzene rings is 1. The lowest BCUT2D eigenvalue weighted by Crippen LogP contribution is -2.41. The molecule has 24 heavy (non-hydrogen) atoms. The van der Waals surface area contributed by atoms with E-state index in [9.17, 15) is 0 Å². The molecule has 132 valence electrons. The van der Waals surface area contributed by atoms with E-state index in [0.717, 1.165) is 49.6 Å². The zero-order valence-electron chi connectivity index (χ0n) is 14.5. The minimum atomic E-state index is 0.246. The molecule has 0 bridgehead atoms. The van der Waals surface area contributed by atoms with Crippen LogP contribution in [0.2, 0.25) is 5.02 Å². The SMILES string of the molecule is CN=C(NCCCOCC1CC1)NCC1(c2ccc(Cl)cc2)CC1. The fraction of sp³-hybridized carbons (Fsp3) is 0.632. The zero-order chi connectivity index (χ0) is 16.8. The van der Waals surface area contributed by atoms with Gasteiger partial charge in [-0.25, -0.2) is 0 Å². The maximum atomic E-state index is 5.99. The van der Waals surface area contributed by atoms with Crippen LogP contribution in [-0.4, -0.2) is 39.3 Å². The van der Waals surface area contributed by atoms with Crippen LogP contribution >= 0.6 is 11.6 Å². The van der Waals surface area contributed by atoms with Gasteiger partial charge in [-0.2, -0.15) is 0 Å². The number of guanidine groups is 1. The normalized spacial score (nSPS) is 19.2. The lowest BCUT2D eigenvalue weighted by Gasteiger charge is -2.19. The molecule has 0 radical (unpaired) electrons. The summed E-state index contributed by atoms with van der Waals surface area (Å²) in [5, 5.41) is 7.64.